The Morgan fingerprint density at radius 1 is 1.28 bits per heavy atom. The lowest BCUT2D eigenvalue weighted by Crippen LogP contribution is -1.73. The predicted octanol–water partition coefficient (Wildman–Crippen LogP) is 5.72. The summed E-state index contributed by atoms with van der Waals surface area (Å²) < 4.78 is 0. The van der Waals surface area contributed by atoms with Gasteiger partial charge in [0.05, 0.1) is 0 Å². The van der Waals surface area contributed by atoms with E-state index in [-0.39, 0.29) is 0 Å². The third-order valence-electron chi connectivity index (χ3n) is 2.29. The quantitative estimate of drug-likeness (QED) is 0.590. The summed E-state index contributed by atoms with van der Waals surface area (Å²) in [6, 6.07) is 8.51. The van der Waals surface area contributed by atoms with Gasteiger partial charge in [0.25, 0.3) is 0 Å². The summed E-state index contributed by atoms with van der Waals surface area (Å²) >= 11 is 0. The lowest BCUT2D eigenvalue weighted by Gasteiger charge is -1.93. The summed E-state index contributed by atoms with van der Waals surface area (Å²) in [5.41, 5.74) is 3.77. The maximum absolute atomic E-state index is 3.56. The monoisotopic (exact) mass is 240 g/mol. The van der Waals surface area contributed by atoms with E-state index in [0.717, 1.165) is 12.0 Å². The van der Waals surface area contributed by atoms with E-state index in [4.69, 9.17) is 0 Å². The first-order valence-corrected chi connectivity index (χ1v) is 6.29. The second-order valence-corrected chi connectivity index (χ2v) is 4.08. The second kappa shape index (κ2) is 10.3. The van der Waals surface area contributed by atoms with Gasteiger partial charge in [0, 0.05) is 0 Å². The molecule has 0 radical (unpaired) electrons. The lowest BCUT2D eigenvalue weighted by atomic mass is 10.1. The molecule has 1 aromatic rings. The minimum absolute atomic E-state index is 1.11. The van der Waals surface area contributed by atoms with Crippen LogP contribution in [0.1, 0.15) is 31.4 Å². The first-order valence-electron chi connectivity index (χ1n) is 6.29. The standard InChI is InChI=1S/C11H14.C7H10/c1-3-4-7-11-8-5-6-10(2)9-11;1-4-6-7(3)5-2/h4-9H,3H2,1-2H3;4-6H,1-2H2,3H3/b7-4+;7-6-. The van der Waals surface area contributed by atoms with Gasteiger partial charge in [0.1, 0.15) is 0 Å². The highest BCUT2D eigenvalue weighted by atomic mass is 13.9. The molecule has 0 N–H and O–H groups in total. The van der Waals surface area contributed by atoms with Crippen molar-refractivity contribution < 1.29 is 0 Å². The Kier molecular flexibility index (Phi) is 9.30. The van der Waals surface area contributed by atoms with Crippen molar-refractivity contribution in [1.82, 2.24) is 0 Å². The molecule has 1 rings (SSSR count). The highest BCUT2D eigenvalue weighted by Gasteiger charge is 1.85. The molecule has 0 fully saturated rings. The Hall–Kier alpha value is -1.82. The fourth-order valence-corrected chi connectivity index (χ4v) is 1.28. The molecule has 96 valence electrons. The Morgan fingerprint density at radius 2 is 2.00 bits per heavy atom. The maximum Gasteiger partial charge on any atom is -0.0257 e. The fourth-order valence-electron chi connectivity index (χ4n) is 1.28. The molecule has 0 aliphatic carbocycles. The van der Waals surface area contributed by atoms with Crippen LogP contribution >= 0.6 is 0 Å². The zero-order valence-electron chi connectivity index (χ0n) is 11.8. The third-order valence-corrected chi connectivity index (χ3v) is 2.29. The van der Waals surface area contributed by atoms with Crippen molar-refractivity contribution in [2.45, 2.75) is 27.2 Å². The topological polar surface area (TPSA) is 0 Å². The van der Waals surface area contributed by atoms with Crippen LogP contribution in [0.3, 0.4) is 0 Å². The molecule has 0 aliphatic heterocycles. The van der Waals surface area contributed by atoms with Gasteiger partial charge in [-0.1, -0.05) is 85.9 Å². The van der Waals surface area contributed by atoms with E-state index in [1.807, 2.05) is 13.0 Å². The second-order valence-electron chi connectivity index (χ2n) is 4.08. The minimum atomic E-state index is 1.11. The molecular formula is C18H24. The van der Waals surface area contributed by atoms with Gasteiger partial charge < -0.3 is 0 Å². The van der Waals surface area contributed by atoms with Crippen molar-refractivity contribution in [3.63, 3.8) is 0 Å². The van der Waals surface area contributed by atoms with Crippen LogP contribution in [-0.4, -0.2) is 0 Å². The molecule has 0 aliphatic rings. The van der Waals surface area contributed by atoms with Gasteiger partial charge >= 0.3 is 0 Å². The molecule has 0 unspecified atom stereocenters. The summed E-state index contributed by atoms with van der Waals surface area (Å²) in [6.45, 7) is 13.3. The van der Waals surface area contributed by atoms with Crippen LogP contribution < -0.4 is 0 Å². The van der Waals surface area contributed by atoms with Crippen molar-refractivity contribution in [1.29, 1.82) is 0 Å². The highest BCUT2D eigenvalue weighted by molar-refractivity contribution is 5.49. The summed E-state index contributed by atoms with van der Waals surface area (Å²) in [7, 11) is 0. The number of hydrogen-bond acceptors (Lipinski definition) is 0. The van der Waals surface area contributed by atoms with Crippen molar-refractivity contribution in [2.24, 2.45) is 0 Å². The number of hydrogen-bond donors (Lipinski definition) is 0. The van der Waals surface area contributed by atoms with Crippen LogP contribution in [0, 0.1) is 6.92 Å². The van der Waals surface area contributed by atoms with Crippen LogP contribution in [0.2, 0.25) is 0 Å². The Morgan fingerprint density at radius 3 is 2.44 bits per heavy atom. The molecule has 0 saturated carbocycles. The largest absolute Gasteiger partial charge is 0.0991 e. The molecule has 0 bridgehead atoms. The molecule has 0 heteroatoms. The maximum atomic E-state index is 3.56. The molecule has 0 saturated heterocycles. The van der Waals surface area contributed by atoms with E-state index in [2.05, 4.69) is 63.4 Å². The van der Waals surface area contributed by atoms with E-state index in [0.29, 0.717) is 0 Å². The molecular weight excluding hydrogens is 216 g/mol. The van der Waals surface area contributed by atoms with Gasteiger partial charge in [-0.05, 0) is 25.8 Å². The Labute approximate surface area is 112 Å². The summed E-state index contributed by atoms with van der Waals surface area (Å²) in [5.74, 6) is 0. The fraction of sp³-hybridized carbons (Fsp3) is 0.222. The average molecular weight is 240 g/mol. The van der Waals surface area contributed by atoms with Gasteiger partial charge in [0.2, 0.25) is 0 Å². The normalized spacial score (nSPS) is 10.7. The minimum Gasteiger partial charge on any atom is -0.0991 e. The van der Waals surface area contributed by atoms with E-state index < -0.39 is 0 Å². The predicted molar refractivity (Wildman–Crippen MR) is 84.7 cm³/mol. The summed E-state index contributed by atoms with van der Waals surface area (Å²) in [5, 5.41) is 0. The van der Waals surface area contributed by atoms with E-state index >= 15 is 0 Å². The first-order chi connectivity index (χ1) is 8.63. The van der Waals surface area contributed by atoms with Crippen molar-refractivity contribution in [2.75, 3.05) is 0 Å². The zero-order valence-corrected chi connectivity index (χ0v) is 11.8. The molecule has 0 aromatic heterocycles. The van der Waals surface area contributed by atoms with E-state index in [9.17, 15) is 0 Å². The Bertz CT molecular complexity index is 419. The van der Waals surface area contributed by atoms with Crippen LogP contribution in [-0.2, 0) is 0 Å². The van der Waals surface area contributed by atoms with Gasteiger partial charge in [-0.2, -0.15) is 0 Å². The molecule has 1 aromatic carbocycles. The summed E-state index contributed by atoms with van der Waals surface area (Å²) in [6.07, 6.45) is 10.9. The van der Waals surface area contributed by atoms with Crippen LogP contribution in [0.15, 0.2) is 67.3 Å². The summed E-state index contributed by atoms with van der Waals surface area (Å²) in [4.78, 5) is 0. The Balaban J connectivity index is 0.000000360. The molecule has 0 atom stereocenters. The van der Waals surface area contributed by atoms with Gasteiger partial charge in [0.15, 0.2) is 0 Å². The molecule has 0 heterocycles. The lowest BCUT2D eigenvalue weighted by molar-refractivity contribution is 1.23. The number of aryl methyl sites for hydroxylation is 1. The SMILES string of the molecule is C=C/C=C(/C)C=C.CC/C=C/c1cccc(C)c1. The van der Waals surface area contributed by atoms with Crippen molar-refractivity contribution in [3.05, 3.63) is 78.4 Å². The third kappa shape index (κ3) is 8.35. The van der Waals surface area contributed by atoms with E-state index in [1.165, 1.54) is 11.1 Å². The molecule has 0 amide bonds. The molecule has 18 heavy (non-hydrogen) atoms. The molecule has 0 nitrogen and oxygen atoms in total. The highest BCUT2D eigenvalue weighted by Crippen LogP contribution is 2.05. The molecule has 0 spiro atoms. The first kappa shape index (κ1) is 16.2. The smallest absolute Gasteiger partial charge is 0.0257 e. The van der Waals surface area contributed by atoms with Crippen LogP contribution in [0.5, 0.6) is 0 Å². The average Bonchev–Trinajstić information content (AvgIpc) is 2.37. The number of rotatable bonds is 4. The number of allylic oxidation sites excluding steroid dienone is 5. The number of benzene rings is 1. The zero-order chi connectivity index (χ0) is 13.8. The van der Waals surface area contributed by atoms with Gasteiger partial charge in [-0.15, -0.1) is 0 Å². The van der Waals surface area contributed by atoms with Crippen molar-refractivity contribution in [3.8, 4) is 0 Å². The van der Waals surface area contributed by atoms with Gasteiger partial charge in [-0.25, -0.2) is 0 Å². The van der Waals surface area contributed by atoms with E-state index in [1.54, 1.807) is 12.2 Å². The van der Waals surface area contributed by atoms with Gasteiger partial charge in [-0.3, -0.25) is 0 Å². The van der Waals surface area contributed by atoms with Crippen molar-refractivity contribution >= 4 is 6.08 Å². The van der Waals surface area contributed by atoms with Crippen LogP contribution in [0.4, 0.5) is 0 Å². The van der Waals surface area contributed by atoms with Crippen LogP contribution in [0.25, 0.3) is 6.08 Å².